The Morgan fingerprint density at radius 3 is 2.08 bits per heavy atom. The van der Waals surface area contributed by atoms with Gasteiger partial charge >= 0.3 is 35.5 Å². The average molecular weight is 192 g/mol. The van der Waals surface area contributed by atoms with Crippen LogP contribution >= 0.6 is 0 Å². The first-order valence-corrected chi connectivity index (χ1v) is 4.49. The van der Waals surface area contributed by atoms with Crippen LogP contribution in [0, 0.1) is 5.41 Å². The largest absolute Gasteiger partial charge is 1.00 e. The fourth-order valence-corrected chi connectivity index (χ4v) is 1.98. The number of carbonyl (C=O) groups is 1. The van der Waals surface area contributed by atoms with Gasteiger partial charge in [-0.15, -0.1) is 0 Å². The van der Waals surface area contributed by atoms with Crippen LogP contribution in [0.1, 0.15) is 40.5 Å². The van der Waals surface area contributed by atoms with Gasteiger partial charge in [-0.2, -0.15) is 0 Å². The molecule has 1 saturated carbocycles. The Morgan fingerprint density at radius 2 is 1.85 bits per heavy atom. The Hall–Kier alpha value is 0.210. The Labute approximate surface area is 103 Å². The number of hydrogen-bond donors (Lipinski definition) is 1. The molecule has 2 nitrogen and oxygen atoms in total. The van der Waals surface area contributed by atoms with Gasteiger partial charge in [0.2, 0.25) is 0 Å². The molecule has 0 aromatic carbocycles. The van der Waals surface area contributed by atoms with Crippen molar-refractivity contribution in [1.29, 1.82) is 0 Å². The van der Waals surface area contributed by atoms with E-state index in [9.17, 15) is 4.79 Å². The van der Waals surface area contributed by atoms with Crippen molar-refractivity contribution in [1.82, 2.24) is 0 Å². The molecule has 13 heavy (non-hydrogen) atoms. The van der Waals surface area contributed by atoms with E-state index in [1.54, 1.807) is 0 Å². The molecule has 1 aliphatic carbocycles. The number of rotatable bonds is 2. The summed E-state index contributed by atoms with van der Waals surface area (Å²) in [5, 5.41) is 9.10. The second-order valence-corrected chi connectivity index (χ2v) is 3.73. The van der Waals surface area contributed by atoms with E-state index >= 15 is 0 Å². The predicted octanol–water partition coefficient (Wildman–Crippen LogP) is -0.286. The predicted molar refractivity (Wildman–Crippen MR) is 49.1 cm³/mol. The molecule has 0 aliphatic heterocycles. The summed E-state index contributed by atoms with van der Waals surface area (Å²) in [6, 6.07) is 0. The maximum Gasteiger partial charge on any atom is 1.00 e. The van der Waals surface area contributed by atoms with Crippen molar-refractivity contribution in [2.45, 2.75) is 39.0 Å². The van der Waals surface area contributed by atoms with Crippen molar-refractivity contribution < 1.29 is 40.9 Å². The fraction of sp³-hybridized carbons (Fsp3) is 0.700. The quantitative estimate of drug-likeness (QED) is 0.482. The van der Waals surface area contributed by atoms with E-state index in [-0.39, 0.29) is 31.0 Å². The van der Waals surface area contributed by atoms with Crippen molar-refractivity contribution >= 4 is 5.97 Å². The van der Waals surface area contributed by atoms with Crippen LogP contribution in [0.3, 0.4) is 0 Å². The molecule has 1 rings (SSSR count). The summed E-state index contributed by atoms with van der Waals surface area (Å²) < 4.78 is 0. The summed E-state index contributed by atoms with van der Waals surface area (Å²) in [5.74, 6) is -0.685. The molecule has 0 unspecified atom stereocenters. The second-order valence-electron chi connectivity index (χ2n) is 3.73. The van der Waals surface area contributed by atoms with Crippen LogP contribution in [0.2, 0.25) is 0 Å². The Morgan fingerprint density at radius 1 is 1.38 bits per heavy atom. The smallest absolute Gasteiger partial charge is 1.00 e. The first-order valence-electron chi connectivity index (χ1n) is 4.49. The normalized spacial score (nSPS) is 20.1. The summed E-state index contributed by atoms with van der Waals surface area (Å²) in [6.07, 6.45) is 4.77. The molecule has 0 spiro atoms. The van der Waals surface area contributed by atoms with E-state index in [1.165, 1.54) is 6.42 Å². The van der Waals surface area contributed by atoms with Crippen LogP contribution < -0.4 is 29.6 Å². The van der Waals surface area contributed by atoms with Crippen LogP contribution in [-0.2, 0) is 4.79 Å². The topological polar surface area (TPSA) is 37.3 Å². The minimum atomic E-state index is -0.685. The van der Waals surface area contributed by atoms with Gasteiger partial charge in [-0.1, -0.05) is 31.4 Å². The molecule has 1 fully saturated rings. The monoisotopic (exact) mass is 192 g/mol. The van der Waals surface area contributed by atoms with E-state index in [1.807, 2.05) is 6.92 Å². The molecule has 70 valence electrons. The first kappa shape index (κ1) is 13.2. The summed E-state index contributed by atoms with van der Waals surface area (Å²) in [6.45, 7) is 5.62. The van der Waals surface area contributed by atoms with E-state index in [0.717, 1.165) is 31.3 Å². The third kappa shape index (κ3) is 2.58. The van der Waals surface area contributed by atoms with E-state index in [2.05, 4.69) is 6.58 Å². The summed E-state index contributed by atoms with van der Waals surface area (Å²) in [5.41, 5.74) is 0.216. The minimum Gasteiger partial charge on any atom is -1.00 e. The Bertz CT molecular complexity index is 194. The van der Waals surface area contributed by atoms with Gasteiger partial charge in [0.05, 0.1) is 5.41 Å². The summed E-state index contributed by atoms with van der Waals surface area (Å²) >= 11 is 0. The molecule has 3 heteroatoms. The third-order valence-electron chi connectivity index (χ3n) is 2.93. The summed E-state index contributed by atoms with van der Waals surface area (Å²) in [4.78, 5) is 11.1. The van der Waals surface area contributed by atoms with Gasteiger partial charge in [0.15, 0.2) is 0 Å². The van der Waals surface area contributed by atoms with Gasteiger partial charge in [-0.3, -0.25) is 4.79 Å². The number of carboxylic acid groups (broad SMARTS) is 1. The molecule has 0 atom stereocenters. The van der Waals surface area contributed by atoms with Gasteiger partial charge in [-0.05, 0) is 19.8 Å². The van der Waals surface area contributed by atoms with Crippen LogP contribution in [-0.4, -0.2) is 11.1 Å². The Kier molecular flexibility index (Phi) is 5.26. The first-order chi connectivity index (χ1) is 5.59. The minimum absolute atomic E-state index is 0. The van der Waals surface area contributed by atoms with Crippen LogP contribution in [0.4, 0.5) is 0 Å². The van der Waals surface area contributed by atoms with Crippen LogP contribution in [0.25, 0.3) is 0 Å². The van der Waals surface area contributed by atoms with Crippen LogP contribution in [0.5, 0.6) is 0 Å². The van der Waals surface area contributed by atoms with E-state index in [0.29, 0.717) is 0 Å². The van der Waals surface area contributed by atoms with Crippen molar-refractivity contribution in [2.24, 2.45) is 5.41 Å². The molecular formula is C10H17NaO2. The molecular weight excluding hydrogens is 175 g/mol. The fourth-order valence-electron chi connectivity index (χ4n) is 1.98. The van der Waals surface area contributed by atoms with Gasteiger partial charge in [-0.25, -0.2) is 0 Å². The van der Waals surface area contributed by atoms with Crippen LogP contribution in [0.15, 0.2) is 12.2 Å². The van der Waals surface area contributed by atoms with E-state index in [4.69, 9.17) is 5.11 Å². The number of aliphatic carboxylic acids is 1. The average Bonchev–Trinajstić information content (AvgIpc) is 2.05. The van der Waals surface area contributed by atoms with Gasteiger partial charge in [0.25, 0.3) is 0 Å². The van der Waals surface area contributed by atoms with Crippen molar-refractivity contribution in [3.05, 3.63) is 12.2 Å². The van der Waals surface area contributed by atoms with E-state index < -0.39 is 11.4 Å². The van der Waals surface area contributed by atoms with Gasteiger partial charge in [0.1, 0.15) is 0 Å². The molecule has 0 radical (unpaired) electrons. The molecule has 0 saturated heterocycles. The Balaban J connectivity index is 0. The maximum absolute atomic E-state index is 11.1. The molecule has 0 aromatic rings. The second kappa shape index (κ2) is 5.18. The zero-order valence-electron chi connectivity index (χ0n) is 9.60. The zero-order chi connectivity index (χ0) is 9.19. The molecule has 0 heterocycles. The van der Waals surface area contributed by atoms with Crippen molar-refractivity contribution in [3.8, 4) is 0 Å². The van der Waals surface area contributed by atoms with Gasteiger partial charge in [0, 0.05) is 0 Å². The standard InChI is InChI=1S/C10H16O2.Na.H/c1-8(2)10(9(11)12)6-4-3-5-7-10;;/h1,3-7H2,2H3,(H,11,12);;/q;+1;-1. The zero-order valence-corrected chi connectivity index (χ0v) is 10.6. The molecule has 0 amide bonds. The number of hydrogen-bond acceptors (Lipinski definition) is 1. The summed E-state index contributed by atoms with van der Waals surface area (Å²) in [7, 11) is 0. The molecule has 0 aromatic heterocycles. The molecule has 1 N–H and O–H groups in total. The van der Waals surface area contributed by atoms with Crippen molar-refractivity contribution in [3.63, 3.8) is 0 Å². The van der Waals surface area contributed by atoms with Crippen molar-refractivity contribution in [2.75, 3.05) is 0 Å². The maximum atomic E-state index is 11.1. The SMILES string of the molecule is C=C(C)C1(C(=O)O)CCCCC1.[H-].[Na+]. The van der Waals surface area contributed by atoms with Gasteiger partial charge < -0.3 is 6.53 Å². The molecule has 0 bridgehead atoms. The molecule has 1 aliphatic rings. The number of carboxylic acids is 1. The third-order valence-corrected chi connectivity index (χ3v) is 2.93.